The molecular formula is C27H35N3O4. The highest BCUT2D eigenvalue weighted by atomic mass is 16.5. The number of aryl methyl sites for hydroxylation is 1. The number of aliphatic hydroxyl groups excluding tert-OH is 1. The Hall–Kier alpha value is -3.13. The lowest BCUT2D eigenvalue weighted by molar-refractivity contribution is 0.0245. The van der Waals surface area contributed by atoms with E-state index in [-0.39, 0.29) is 6.61 Å². The summed E-state index contributed by atoms with van der Waals surface area (Å²) >= 11 is 0. The first-order valence-electron chi connectivity index (χ1n) is 11.6. The summed E-state index contributed by atoms with van der Waals surface area (Å²) in [5.41, 5.74) is 2.85. The number of nitrogens with zero attached hydrogens (tertiary/aromatic N) is 3. The summed E-state index contributed by atoms with van der Waals surface area (Å²) in [6.45, 7) is 8.35. The molecule has 1 N–H and O–H groups in total. The molecule has 0 saturated heterocycles. The van der Waals surface area contributed by atoms with Crippen LogP contribution in [0.3, 0.4) is 0 Å². The lowest BCUT2D eigenvalue weighted by atomic mass is 10.1. The second kappa shape index (κ2) is 12.9. The second-order valence-electron chi connectivity index (χ2n) is 8.11. The fraction of sp³-hybridized carbons (Fsp3) is 0.370. The monoisotopic (exact) mass is 465 g/mol. The van der Waals surface area contributed by atoms with Crippen molar-refractivity contribution in [3.8, 4) is 28.6 Å². The van der Waals surface area contributed by atoms with Crippen LogP contribution in [0.15, 0.2) is 67.3 Å². The molecule has 0 amide bonds. The lowest BCUT2D eigenvalue weighted by Crippen LogP contribution is -2.35. The van der Waals surface area contributed by atoms with Gasteiger partial charge in [-0.25, -0.2) is 4.68 Å². The molecule has 34 heavy (non-hydrogen) atoms. The van der Waals surface area contributed by atoms with Gasteiger partial charge in [0.15, 0.2) is 0 Å². The molecule has 182 valence electrons. The molecule has 0 radical (unpaired) electrons. The van der Waals surface area contributed by atoms with E-state index >= 15 is 0 Å². The summed E-state index contributed by atoms with van der Waals surface area (Å²) in [7, 11) is 3.53. The highest BCUT2D eigenvalue weighted by molar-refractivity contribution is 5.65. The van der Waals surface area contributed by atoms with Crippen molar-refractivity contribution < 1.29 is 19.3 Å². The van der Waals surface area contributed by atoms with Gasteiger partial charge in [0.2, 0.25) is 5.88 Å². The smallest absolute Gasteiger partial charge is 0.222 e. The highest BCUT2D eigenvalue weighted by Gasteiger charge is 2.23. The zero-order chi connectivity index (χ0) is 24.3. The number of aliphatic hydroxyl groups is 1. The summed E-state index contributed by atoms with van der Waals surface area (Å²) in [6, 6.07) is 17.6. The average Bonchev–Trinajstić information content (AvgIpc) is 3.15. The number of methoxy groups -OCH3 is 1. The SMILES string of the molecule is C=CCOC[C@H](O)CN(CCC)Cc1c(-c2ccccc2)nn(C)c1Oc1ccc(OC)cc1. The molecule has 0 bridgehead atoms. The predicted molar refractivity (Wildman–Crippen MR) is 134 cm³/mol. The van der Waals surface area contributed by atoms with Crippen LogP contribution in [-0.2, 0) is 18.3 Å². The van der Waals surface area contributed by atoms with Gasteiger partial charge in [-0.3, -0.25) is 4.90 Å². The van der Waals surface area contributed by atoms with Gasteiger partial charge < -0.3 is 19.3 Å². The molecule has 0 unspecified atom stereocenters. The minimum Gasteiger partial charge on any atom is -0.497 e. The number of benzene rings is 2. The van der Waals surface area contributed by atoms with E-state index in [4.69, 9.17) is 19.3 Å². The van der Waals surface area contributed by atoms with E-state index in [1.54, 1.807) is 17.9 Å². The second-order valence-corrected chi connectivity index (χ2v) is 8.11. The molecule has 0 aliphatic heterocycles. The molecule has 2 aromatic carbocycles. The topological polar surface area (TPSA) is 69.0 Å². The minimum absolute atomic E-state index is 0.264. The Bertz CT molecular complexity index is 1020. The molecule has 0 spiro atoms. The first-order chi connectivity index (χ1) is 16.5. The van der Waals surface area contributed by atoms with Crippen molar-refractivity contribution in [2.24, 2.45) is 7.05 Å². The largest absolute Gasteiger partial charge is 0.497 e. The van der Waals surface area contributed by atoms with Gasteiger partial charge in [0.1, 0.15) is 17.2 Å². The number of ether oxygens (including phenoxy) is 3. The molecule has 3 rings (SSSR count). The Labute approximate surface area is 202 Å². The summed E-state index contributed by atoms with van der Waals surface area (Å²) in [5.74, 6) is 2.14. The third kappa shape index (κ3) is 6.93. The van der Waals surface area contributed by atoms with Crippen molar-refractivity contribution in [2.45, 2.75) is 26.0 Å². The van der Waals surface area contributed by atoms with E-state index in [0.29, 0.717) is 31.3 Å². The van der Waals surface area contributed by atoms with Crippen LogP contribution in [-0.4, -0.2) is 59.3 Å². The standard InChI is InChI=1S/C27H35N3O4/c1-5-16-30(18-22(31)20-33-17-6-2)19-25-26(21-10-8-7-9-11-21)28-29(3)27(25)34-24-14-12-23(32-4)13-15-24/h6-15,22,31H,2,5,16-20H2,1,3-4H3/t22-/m1/s1. The Morgan fingerprint density at radius 2 is 1.82 bits per heavy atom. The predicted octanol–water partition coefficient (Wildman–Crippen LogP) is 4.66. The summed E-state index contributed by atoms with van der Waals surface area (Å²) in [6.07, 6.45) is 2.03. The van der Waals surface area contributed by atoms with Gasteiger partial charge in [-0.1, -0.05) is 43.3 Å². The third-order valence-corrected chi connectivity index (χ3v) is 5.35. The van der Waals surface area contributed by atoms with Gasteiger partial charge in [0.25, 0.3) is 0 Å². The molecule has 7 nitrogen and oxygen atoms in total. The van der Waals surface area contributed by atoms with E-state index in [2.05, 4.69) is 18.4 Å². The zero-order valence-electron chi connectivity index (χ0n) is 20.3. The van der Waals surface area contributed by atoms with Crippen molar-refractivity contribution in [1.82, 2.24) is 14.7 Å². The Morgan fingerprint density at radius 1 is 1.12 bits per heavy atom. The van der Waals surface area contributed by atoms with Crippen molar-refractivity contribution in [3.63, 3.8) is 0 Å². The fourth-order valence-corrected chi connectivity index (χ4v) is 3.82. The van der Waals surface area contributed by atoms with E-state index in [9.17, 15) is 5.11 Å². The summed E-state index contributed by atoms with van der Waals surface area (Å²) in [5, 5.41) is 15.3. The molecule has 0 saturated carbocycles. The van der Waals surface area contributed by atoms with Crippen LogP contribution >= 0.6 is 0 Å². The van der Waals surface area contributed by atoms with Crippen LogP contribution in [0.25, 0.3) is 11.3 Å². The number of hydrogen-bond acceptors (Lipinski definition) is 6. The molecule has 0 fully saturated rings. The maximum absolute atomic E-state index is 10.5. The van der Waals surface area contributed by atoms with Crippen LogP contribution in [0.5, 0.6) is 17.4 Å². The fourth-order valence-electron chi connectivity index (χ4n) is 3.82. The van der Waals surface area contributed by atoms with Crippen LogP contribution in [0.4, 0.5) is 0 Å². The van der Waals surface area contributed by atoms with Gasteiger partial charge in [-0.05, 0) is 37.2 Å². The first kappa shape index (κ1) is 25.5. The van der Waals surface area contributed by atoms with Gasteiger partial charge >= 0.3 is 0 Å². The third-order valence-electron chi connectivity index (χ3n) is 5.35. The lowest BCUT2D eigenvalue weighted by Gasteiger charge is -2.25. The molecule has 1 aromatic heterocycles. The first-order valence-corrected chi connectivity index (χ1v) is 11.6. The van der Waals surface area contributed by atoms with E-state index in [1.165, 1.54) is 0 Å². The maximum atomic E-state index is 10.5. The van der Waals surface area contributed by atoms with Crippen molar-refractivity contribution in [1.29, 1.82) is 0 Å². The number of aromatic nitrogens is 2. The molecule has 3 aromatic rings. The van der Waals surface area contributed by atoms with Crippen LogP contribution in [0.1, 0.15) is 18.9 Å². The van der Waals surface area contributed by atoms with Crippen LogP contribution in [0, 0.1) is 0 Å². The van der Waals surface area contributed by atoms with Gasteiger partial charge in [-0.15, -0.1) is 6.58 Å². The average molecular weight is 466 g/mol. The summed E-state index contributed by atoms with van der Waals surface area (Å²) in [4.78, 5) is 2.21. The Balaban J connectivity index is 1.91. The zero-order valence-corrected chi connectivity index (χ0v) is 20.3. The van der Waals surface area contributed by atoms with Crippen molar-refractivity contribution in [2.75, 3.05) is 33.4 Å². The number of rotatable bonds is 14. The molecule has 0 aliphatic rings. The van der Waals surface area contributed by atoms with Gasteiger partial charge in [-0.2, -0.15) is 5.10 Å². The van der Waals surface area contributed by atoms with E-state index < -0.39 is 6.10 Å². The molecule has 1 heterocycles. The maximum Gasteiger partial charge on any atom is 0.222 e. The molecule has 7 heteroatoms. The Kier molecular flexibility index (Phi) is 9.70. The number of hydrogen-bond donors (Lipinski definition) is 1. The van der Waals surface area contributed by atoms with E-state index in [1.807, 2.05) is 61.6 Å². The minimum atomic E-state index is -0.602. The molecular weight excluding hydrogens is 430 g/mol. The summed E-state index contributed by atoms with van der Waals surface area (Å²) < 4.78 is 18.8. The molecule has 0 aliphatic carbocycles. The quantitative estimate of drug-likeness (QED) is 0.276. The van der Waals surface area contributed by atoms with Gasteiger partial charge in [0.05, 0.1) is 32.0 Å². The van der Waals surface area contributed by atoms with Crippen molar-refractivity contribution >= 4 is 0 Å². The van der Waals surface area contributed by atoms with Gasteiger partial charge in [0, 0.05) is 25.7 Å². The normalized spacial score (nSPS) is 12.0. The highest BCUT2D eigenvalue weighted by Crippen LogP contribution is 2.34. The van der Waals surface area contributed by atoms with E-state index in [0.717, 1.165) is 35.5 Å². The molecule has 1 atom stereocenters. The van der Waals surface area contributed by atoms with Crippen molar-refractivity contribution in [3.05, 3.63) is 72.8 Å². The van der Waals surface area contributed by atoms with Crippen LogP contribution in [0.2, 0.25) is 0 Å². The Morgan fingerprint density at radius 3 is 2.47 bits per heavy atom. The van der Waals surface area contributed by atoms with Crippen LogP contribution < -0.4 is 9.47 Å².